The molecule has 3 heteroatoms. The third-order valence-electron chi connectivity index (χ3n) is 3.24. The van der Waals surface area contributed by atoms with Crippen LogP contribution < -0.4 is 5.32 Å². The Labute approximate surface area is 109 Å². The summed E-state index contributed by atoms with van der Waals surface area (Å²) in [5, 5.41) is 3.56. The van der Waals surface area contributed by atoms with Gasteiger partial charge in [-0.05, 0) is 55.4 Å². The van der Waals surface area contributed by atoms with Gasteiger partial charge in [0.1, 0.15) is 0 Å². The molecule has 0 heterocycles. The van der Waals surface area contributed by atoms with Gasteiger partial charge in [0.2, 0.25) is 0 Å². The fourth-order valence-corrected chi connectivity index (χ4v) is 2.23. The third-order valence-corrected chi connectivity index (χ3v) is 3.24. The minimum Gasteiger partial charge on any atom is -0.291 e. The molecule has 0 saturated heterocycles. The van der Waals surface area contributed by atoms with Crippen molar-refractivity contribution in [2.24, 2.45) is 0 Å². The van der Waals surface area contributed by atoms with Crippen LogP contribution in [0.2, 0.25) is 0 Å². The van der Waals surface area contributed by atoms with Gasteiger partial charge >= 0.3 is 0 Å². The highest BCUT2D eigenvalue weighted by Crippen LogP contribution is 2.05. The molecule has 0 amide bonds. The molecular weight excluding hydrogens is 210 g/mol. The Morgan fingerprint density at radius 2 is 0.824 bits per heavy atom. The molecule has 0 aromatic heterocycles. The molecule has 0 rings (SSSR count). The van der Waals surface area contributed by atoms with Gasteiger partial charge in [0.25, 0.3) is 0 Å². The molecule has 1 N–H and O–H groups in total. The van der Waals surface area contributed by atoms with Gasteiger partial charge in [-0.15, -0.1) is 0 Å². The van der Waals surface area contributed by atoms with Crippen LogP contribution in [-0.4, -0.2) is 47.3 Å². The van der Waals surface area contributed by atoms with Gasteiger partial charge in [0.15, 0.2) is 0 Å². The Bertz CT molecular complexity index is 152. The van der Waals surface area contributed by atoms with Crippen molar-refractivity contribution in [3.05, 3.63) is 0 Å². The normalized spacial score (nSPS) is 13.1. The number of hydrogen-bond acceptors (Lipinski definition) is 3. The Balaban J connectivity index is 4.10. The molecule has 0 aliphatic carbocycles. The van der Waals surface area contributed by atoms with Gasteiger partial charge in [0, 0.05) is 37.5 Å². The van der Waals surface area contributed by atoms with E-state index >= 15 is 0 Å². The Kier molecular flexibility index (Phi) is 8.01. The van der Waals surface area contributed by atoms with Gasteiger partial charge in [-0.25, -0.2) is 0 Å². The van der Waals surface area contributed by atoms with E-state index in [-0.39, 0.29) is 0 Å². The summed E-state index contributed by atoms with van der Waals surface area (Å²) in [6, 6.07) is 2.37. The molecule has 104 valence electrons. The van der Waals surface area contributed by atoms with Gasteiger partial charge in [-0.3, -0.25) is 15.1 Å². The Morgan fingerprint density at radius 1 is 0.588 bits per heavy atom. The van der Waals surface area contributed by atoms with E-state index in [0.29, 0.717) is 24.2 Å². The van der Waals surface area contributed by atoms with Crippen molar-refractivity contribution in [2.75, 3.05) is 13.3 Å². The Morgan fingerprint density at radius 3 is 1.00 bits per heavy atom. The summed E-state index contributed by atoms with van der Waals surface area (Å²) in [7, 11) is 0. The zero-order valence-corrected chi connectivity index (χ0v) is 13.1. The highest BCUT2D eigenvalue weighted by atomic mass is 15.3. The molecule has 3 nitrogen and oxygen atoms in total. The van der Waals surface area contributed by atoms with Gasteiger partial charge < -0.3 is 0 Å². The van der Waals surface area contributed by atoms with Gasteiger partial charge in [-0.2, -0.15) is 0 Å². The van der Waals surface area contributed by atoms with Gasteiger partial charge in [0.05, 0.1) is 0 Å². The van der Waals surface area contributed by atoms with Crippen LogP contribution in [0.25, 0.3) is 0 Å². The van der Waals surface area contributed by atoms with Crippen LogP contribution in [0.4, 0.5) is 0 Å². The summed E-state index contributed by atoms with van der Waals surface area (Å²) >= 11 is 0. The van der Waals surface area contributed by atoms with Crippen LogP contribution in [-0.2, 0) is 0 Å². The van der Waals surface area contributed by atoms with Crippen LogP contribution in [0.1, 0.15) is 55.4 Å². The van der Waals surface area contributed by atoms with Crippen LogP contribution in [0.5, 0.6) is 0 Å². The smallest absolute Gasteiger partial charge is 0.0495 e. The summed E-state index contributed by atoms with van der Waals surface area (Å²) in [6.45, 7) is 20.0. The van der Waals surface area contributed by atoms with E-state index in [1.165, 1.54) is 0 Å². The van der Waals surface area contributed by atoms with E-state index in [1.54, 1.807) is 0 Å². The van der Waals surface area contributed by atoms with E-state index < -0.39 is 0 Å². The number of nitrogens with zero attached hydrogens (tertiary/aromatic N) is 2. The zero-order chi connectivity index (χ0) is 13.6. The molecule has 0 radical (unpaired) electrons. The summed E-state index contributed by atoms with van der Waals surface area (Å²) < 4.78 is 0. The van der Waals surface area contributed by atoms with Crippen molar-refractivity contribution >= 4 is 0 Å². The highest BCUT2D eigenvalue weighted by Gasteiger charge is 2.15. The van der Waals surface area contributed by atoms with E-state index in [4.69, 9.17) is 0 Å². The summed E-state index contributed by atoms with van der Waals surface area (Å²) in [5.41, 5.74) is 0. The second-order valence-electron chi connectivity index (χ2n) is 5.97. The molecule has 0 fully saturated rings. The maximum atomic E-state index is 3.56. The van der Waals surface area contributed by atoms with E-state index in [9.17, 15) is 0 Å². The molecular formula is C14H33N3. The quantitative estimate of drug-likeness (QED) is 0.661. The first-order valence-electron chi connectivity index (χ1n) is 6.99. The molecule has 17 heavy (non-hydrogen) atoms. The predicted molar refractivity (Wildman–Crippen MR) is 77.1 cm³/mol. The molecule has 0 saturated carbocycles. The first-order valence-corrected chi connectivity index (χ1v) is 6.99. The van der Waals surface area contributed by atoms with Crippen molar-refractivity contribution in [1.82, 2.24) is 15.1 Å². The average molecular weight is 243 g/mol. The maximum absolute atomic E-state index is 3.56. The lowest BCUT2D eigenvalue weighted by Gasteiger charge is -2.34. The topological polar surface area (TPSA) is 18.5 Å². The fourth-order valence-electron chi connectivity index (χ4n) is 2.23. The van der Waals surface area contributed by atoms with Crippen LogP contribution >= 0.6 is 0 Å². The molecule has 0 bridgehead atoms. The maximum Gasteiger partial charge on any atom is 0.0495 e. The molecule has 0 aromatic rings. The van der Waals surface area contributed by atoms with Crippen LogP contribution in [0.3, 0.4) is 0 Å². The second kappa shape index (κ2) is 8.06. The zero-order valence-electron chi connectivity index (χ0n) is 13.1. The molecule has 0 aliphatic rings. The van der Waals surface area contributed by atoms with Crippen molar-refractivity contribution in [3.8, 4) is 0 Å². The molecule has 0 unspecified atom stereocenters. The Hall–Kier alpha value is -0.120. The summed E-state index contributed by atoms with van der Waals surface area (Å²) in [5.74, 6) is 0. The van der Waals surface area contributed by atoms with Crippen molar-refractivity contribution < 1.29 is 0 Å². The standard InChI is InChI=1S/C14H33N3/c1-11(2)16(12(3)4)9-15-10-17(13(5)6)14(7)8/h11-15H,9-10H2,1-8H3. The van der Waals surface area contributed by atoms with Crippen molar-refractivity contribution in [1.29, 1.82) is 0 Å². The lowest BCUT2D eigenvalue weighted by Crippen LogP contribution is -2.49. The van der Waals surface area contributed by atoms with Crippen molar-refractivity contribution in [3.63, 3.8) is 0 Å². The number of nitrogens with one attached hydrogen (secondary N) is 1. The molecule has 0 aromatic carbocycles. The second-order valence-corrected chi connectivity index (χ2v) is 5.97. The van der Waals surface area contributed by atoms with Crippen LogP contribution in [0.15, 0.2) is 0 Å². The third kappa shape index (κ3) is 6.39. The largest absolute Gasteiger partial charge is 0.291 e. The van der Waals surface area contributed by atoms with Crippen molar-refractivity contribution in [2.45, 2.75) is 79.6 Å². The highest BCUT2D eigenvalue weighted by molar-refractivity contribution is 4.69. The van der Waals surface area contributed by atoms with Gasteiger partial charge in [-0.1, -0.05) is 0 Å². The molecule has 0 aliphatic heterocycles. The van der Waals surface area contributed by atoms with E-state index in [2.05, 4.69) is 70.5 Å². The minimum atomic E-state index is 0.592. The van der Waals surface area contributed by atoms with E-state index in [0.717, 1.165) is 13.3 Å². The lowest BCUT2D eigenvalue weighted by molar-refractivity contribution is 0.116. The summed E-state index contributed by atoms with van der Waals surface area (Å²) in [6.07, 6.45) is 0. The lowest BCUT2D eigenvalue weighted by atomic mass is 10.2. The first kappa shape index (κ1) is 16.9. The summed E-state index contributed by atoms with van der Waals surface area (Å²) in [4.78, 5) is 4.94. The molecule has 0 spiro atoms. The number of hydrogen-bond donors (Lipinski definition) is 1. The first-order chi connectivity index (χ1) is 7.77. The number of rotatable bonds is 8. The van der Waals surface area contributed by atoms with E-state index in [1.807, 2.05) is 0 Å². The van der Waals surface area contributed by atoms with Crippen LogP contribution in [0, 0.1) is 0 Å². The molecule has 0 atom stereocenters. The minimum absolute atomic E-state index is 0.592. The fraction of sp³-hybridized carbons (Fsp3) is 1.00. The predicted octanol–water partition coefficient (Wildman–Crippen LogP) is 2.73. The SMILES string of the molecule is CC(C)N(CNCN(C(C)C)C(C)C)C(C)C. The monoisotopic (exact) mass is 243 g/mol. The average Bonchev–Trinajstić information content (AvgIpc) is 2.14.